The van der Waals surface area contributed by atoms with Gasteiger partial charge in [-0.2, -0.15) is 10.1 Å². The van der Waals surface area contributed by atoms with E-state index in [1.54, 1.807) is 22.0 Å². The van der Waals surface area contributed by atoms with Crippen LogP contribution in [0.5, 0.6) is 0 Å². The van der Waals surface area contributed by atoms with E-state index in [4.69, 9.17) is 16.3 Å². The van der Waals surface area contributed by atoms with E-state index >= 15 is 0 Å². The zero-order valence-electron chi connectivity index (χ0n) is 16.3. The highest BCUT2D eigenvalue weighted by atomic mass is 35.5. The fourth-order valence-corrected chi connectivity index (χ4v) is 3.19. The van der Waals surface area contributed by atoms with Crippen LogP contribution < -0.4 is 10.6 Å². The van der Waals surface area contributed by atoms with Crippen molar-refractivity contribution in [3.05, 3.63) is 59.5 Å². The SMILES string of the molecule is O=C(Cn1cc(Nc2ncc(Cl)c(NCc3ccccc3)n2)cn1)N1CCOCC1. The van der Waals surface area contributed by atoms with Gasteiger partial charge in [-0.25, -0.2) is 4.98 Å². The molecule has 10 heteroatoms. The summed E-state index contributed by atoms with van der Waals surface area (Å²) in [6, 6.07) is 9.97. The molecule has 0 atom stereocenters. The summed E-state index contributed by atoms with van der Waals surface area (Å²) in [5.41, 5.74) is 1.80. The number of hydrogen-bond donors (Lipinski definition) is 2. The largest absolute Gasteiger partial charge is 0.378 e. The molecule has 30 heavy (non-hydrogen) atoms. The van der Waals surface area contributed by atoms with Crippen molar-refractivity contribution in [1.82, 2.24) is 24.6 Å². The predicted octanol–water partition coefficient (Wildman–Crippen LogP) is 2.54. The predicted molar refractivity (Wildman–Crippen MR) is 114 cm³/mol. The molecule has 0 spiro atoms. The minimum atomic E-state index is 0.0168. The van der Waals surface area contributed by atoms with E-state index in [0.717, 1.165) is 5.56 Å². The highest BCUT2D eigenvalue weighted by Crippen LogP contribution is 2.22. The highest BCUT2D eigenvalue weighted by molar-refractivity contribution is 6.32. The summed E-state index contributed by atoms with van der Waals surface area (Å²) < 4.78 is 6.86. The standard InChI is InChI=1S/C20H22ClN7O2/c21-17-12-23-20(26-19(17)22-10-15-4-2-1-3-5-15)25-16-11-24-28(13-16)14-18(29)27-6-8-30-9-7-27/h1-5,11-13H,6-10,14H2,(H2,22,23,25,26). The molecular formula is C20H22ClN7O2. The molecule has 3 heterocycles. The number of benzene rings is 1. The van der Waals surface area contributed by atoms with E-state index < -0.39 is 0 Å². The first-order valence-corrected chi connectivity index (χ1v) is 10.0. The first-order valence-electron chi connectivity index (χ1n) is 9.63. The fraction of sp³-hybridized carbons (Fsp3) is 0.300. The molecule has 1 aliphatic rings. The summed E-state index contributed by atoms with van der Waals surface area (Å²) in [4.78, 5) is 22.8. The van der Waals surface area contributed by atoms with Gasteiger partial charge < -0.3 is 20.3 Å². The van der Waals surface area contributed by atoms with Crippen molar-refractivity contribution in [2.75, 3.05) is 36.9 Å². The van der Waals surface area contributed by atoms with E-state index in [0.29, 0.717) is 55.3 Å². The normalized spacial score (nSPS) is 13.8. The number of hydrogen-bond acceptors (Lipinski definition) is 7. The molecular weight excluding hydrogens is 406 g/mol. The molecule has 2 N–H and O–H groups in total. The van der Waals surface area contributed by atoms with Crippen molar-refractivity contribution < 1.29 is 9.53 Å². The van der Waals surface area contributed by atoms with Gasteiger partial charge >= 0.3 is 0 Å². The Balaban J connectivity index is 1.36. The number of rotatable bonds is 7. The Morgan fingerprint density at radius 1 is 1.17 bits per heavy atom. The molecule has 0 aliphatic carbocycles. The van der Waals surface area contributed by atoms with E-state index in [1.165, 1.54) is 6.20 Å². The van der Waals surface area contributed by atoms with E-state index in [-0.39, 0.29) is 12.5 Å². The monoisotopic (exact) mass is 427 g/mol. The van der Waals surface area contributed by atoms with Crippen LogP contribution in [0.4, 0.5) is 17.5 Å². The van der Waals surface area contributed by atoms with Crippen LogP contribution in [0.1, 0.15) is 5.56 Å². The number of amides is 1. The van der Waals surface area contributed by atoms with Crippen molar-refractivity contribution in [3.63, 3.8) is 0 Å². The van der Waals surface area contributed by atoms with Crippen molar-refractivity contribution in [2.24, 2.45) is 0 Å². The molecule has 156 valence electrons. The minimum absolute atomic E-state index is 0.0168. The van der Waals surface area contributed by atoms with Crippen LogP contribution in [0.3, 0.4) is 0 Å². The summed E-state index contributed by atoms with van der Waals surface area (Å²) in [6.45, 7) is 3.15. The molecule has 0 bridgehead atoms. The average molecular weight is 428 g/mol. The molecule has 1 fully saturated rings. The average Bonchev–Trinajstić information content (AvgIpc) is 3.22. The fourth-order valence-electron chi connectivity index (χ4n) is 3.03. The molecule has 2 aromatic heterocycles. The molecule has 9 nitrogen and oxygen atoms in total. The van der Waals surface area contributed by atoms with Crippen LogP contribution >= 0.6 is 11.6 Å². The Labute approximate surface area is 179 Å². The Morgan fingerprint density at radius 3 is 2.77 bits per heavy atom. The molecule has 1 aromatic carbocycles. The highest BCUT2D eigenvalue weighted by Gasteiger charge is 2.17. The second-order valence-corrected chi connectivity index (χ2v) is 7.18. The third kappa shape index (κ3) is 5.25. The van der Waals surface area contributed by atoms with Gasteiger partial charge in [0.05, 0.1) is 31.3 Å². The van der Waals surface area contributed by atoms with Gasteiger partial charge in [0.2, 0.25) is 11.9 Å². The summed E-state index contributed by atoms with van der Waals surface area (Å²) in [5.74, 6) is 0.935. The number of nitrogens with one attached hydrogen (secondary N) is 2. The van der Waals surface area contributed by atoms with Crippen LogP contribution in [0.2, 0.25) is 5.02 Å². The Kier molecular flexibility index (Phi) is 6.41. The van der Waals surface area contributed by atoms with Gasteiger partial charge in [0.25, 0.3) is 0 Å². The van der Waals surface area contributed by atoms with Crippen molar-refractivity contribution in [2.45, 2.75) is 13.1 Å². The zero-order chi connectivity index (χ0) is 20.8. The number of carbonyl (C=O) groups is 1. The summed E-state index contributed by atoms with van der Waals surface area (Å²) in [6.07, 6.45) is 4.91. The third-order valence-corrected chi connectivity index (χ3v) is 4.87. The lowest BCUT2D eigenvalue weighted by molar-refractivity contribution is -0.136. The molecule has 3 aromatic rings. The molecule has 1 saturated heterocycles. The molecule has 0 unspecified atom stereocenters. The summed E-state index contributed by atoms with van der Waals surface area (Å²) in [7, 11) is 0. The maximum absolute atomic E-state index is 12.3. The zero-order valence-corrected chi connectivity index (χ0v) is 17.0. The number of nitrogens with zero attached hydrogens (tertiary/aromatic N) is 5. The molecule has 0 radical (unpaired) electrons. The smallest absolute Gasteiger partial charge is 0.244 e. The number of aromatic nitrogens is 4. The number of halogens is 1. The second kappa shape index (κ2) is 9.55. The first kappa shape index (κ1) is 20.1. The molecule has 1 aliphatic heterocycles. The quantitative estimate of drug-likeness (QED) is 0.598. The van der Waals surface area contributed by atoms with Gasteiger partial charge in [-0.05, 0) is 5.56 Å². The maximum Gasteiger partial charge on any atom is 0.244 e. The summed E-state index contributed by atoms with van der Waals surface area (Å²) >= 11 is 6.22. The van der Waals surface area contributed by atoms with Crippen LogP contribution in [-0.4, -0.2) is 56.9 Å². The lowest BCUT2D eigenvalue weighted by Gasteiger charge is -2.26. The van der Waals surface area contributed by atoms with Gasteiger partial charge in [0, 0.05) is 25.8 Å². The number of ether oxygens (including phenoxy) is 1. The van der Waals surface area contributed by atoms with Crippen molar-refractivity contribution >= 4 is 35.0 Å². The van der Waals surface area contributed by atoms with Crippen LogP contribution in [0.15, 0.2) is 48.9 Å². The number of carbonyl (C=O) groups excluding carboxylic acids is 1. The lowest BCUT2D eigenvalue weighted by atomic mass is 10.2. The first-order chi connectivity index (χ1) is 14.7. The molecule has 0 saturated carbocycles. The molecule has 1 amide bonds. The molecule has 4 rings (SSSR count). The third-order valence-electron chi connectivity index (χ3n) is 4.60. The maximum atomic E-state index is 12.3. The van der Waals surface area contributed by atoms with E-state index in [9.17, 15) is 4.79 Å². The van der Waals surface area contributed by atoms with E-state index in [2.05, 4.69) is 25.7 Å². The minimum Gasteiger partial charge on any atom is -0.378 e. The van der Waals surface area contributed by atoms with Gasteiger partial charge in [-0.1, -0.05) is 41.9 Å². The topological polar surface area (TPSA) is 97.2 Å². The number of morpholine rings is 1. The Morgan fingerprint density at radius 2 is 1.97 bits per heavy atom. The van der Waals surface area contributed by atoms with Crippen molar-refractivity contribution in [1.29, 1.82) is 0 Å². The Bertz CT molecular complexity index is 990. The van der Waals surface area contributed by atoms with Crippen LogP contribution in [-0.2, 0) is 22.6 Å². The van der Waals surface area contributed by atoms with Crippen LogP contribution in [0.25, 0.3) is 0 Å². The van der Waals surface area contributed by atoms with Crippen LogP contribution in [0, 0.1) is 0 Å². The van der Waals surface area contributed by atoms with Gasteiger partial charge in [0.15, 0.2) is 5.82 Å². The van der Waals surface area contributed by atoms with Gasteiger partial charge in [-0.15, -0.1) is 0 Å². The number of anilines is 3. The van der Waals surface area contributed by atoms with Gasteiger partial charge in [-0.3, -0.25) is 9.48 Å². The van der Waals surface area contributed by atoms with Crippen molar-refractivity contribution in [3.8, 4) is 0 Å². The van der Waals surface area contributed by atoms with E-state index in [1.807, 2.05) is 30.3 Å². The lowest BCUT2D eigenvalue weighted by Crippen LogP contribution is -2.42. The summed E-state index contributed by atoms with van der Waals surface area (Å²) in [5, 5.41) is 11.0. The second-order valence-electron chi connectivity index (χ2n) is 6.77. The Hall–Kier alpha value is -3.17. The van der Waals surface area contributed by atoms with Gasteiger partial charge in [0.1, 0.15) is 11.6 Å².